The maximum absolute atomic E-state index is 5.86. The van der Waals surface area contributed by atoms with Crippen molar-refractivity contribution in [3.05, 3.63) is 29.3 Å². The molecule has 1 aliphatic rings. The number of ether oxygens (including phenoxy) is 1. The van der Waals surface area contributed by atoms with Crippen molar-refractivity contribution in [1.29, 1.82) is 0 Å². The Bertz CT molecular complexity index is 377. The van der Waals surface area contributed by atoms with Gasteiger partial charge in [0.25, 0.3) is 0 Å². The number of rotatable bonds is 7. The monoisotopic (exact) mass is 314 g/mol. The topological polar surface area (TPSA) is 13.7 Å². The molecule has 0 amide bonds. The molecule has 20 heavy (non-hydrogen) atoms. The van der Waals surface area contributed by atoms with Crippen LogP contribution in [0, 0.1) is 5.92 Å². The Labute approximate surface area is 131 Å². The zero-order valence-electron chi connectivity index (χ0n) is 12.2. The van der Waals surface area contributed by atoms with E-state index in [1.54, 1.807) is 4.90 Å². The van der Waals surface area contributed by atoms with Crippen molar-refractivity contribution in [3.8, 4) is 0 Å². The third kappa shape index (κ3) is 6.04. The van der Waals surface area contributed by atoms with E-state index in [1.165, 1.54) is 37.4 Å². The molecule has 0 spiro atoms. The molecule has 1 aromatic carbocycles. The Balaban J connectivity index is 1.48. The zero-order chi connectivity index (χ0) is 14.2. The summed E-state index contributed by atoms with van der Waals surface area (Å²) in [5.41, 5.74) is 0. The SMILES string of the molecule is CC1CC[NH+](CCOCCSc2ccc(Cl)cc2)CC1. The van der Waals surface area contributed by atoms with E-state index in [0.717, 1.165) is 29.9 Å². The molecule has 0 saturated carbocycles. The van der Waals surface area contributed by atoms with E-state index in [9.17, 15) is 0 Å². The Morgan fingerprint density at radius 1 is 1.20 bits per heavy atom. The average Bonchev–Trinajstić information content (AvgIpc) is 2.46. The first kappa shape index (κ1) is 16.2. The number of hydrogen-bond donors (Lipinski definition) is 1. The van der Waals surface area contributed by atoms with Gasteiger partial charge in [0.2, 0.25) is 0 Å². The van der Waals surface area contributed by atoms with Crippen LogP contribution in [0.5, 0.6) is 0 Å². The standard InChI is InChI=1S/C16H24ClNOS/c1-14-6-8-18(9-7-14)10-11-19-12-13-20-16-4-2-15(17)3-5-16/h2-5,14H,6-13H2,1H3/p+1. The molecular weight excluding hydrogens is 290 g/mol. The van der Waals surface area contributed by atoms with E-state index in [1.807, 2.05) is 23.9 Å². The van der Waals surface area contributed by atoms with Crippen molar-refractivity contribution >= 4 is 23.4 Å². The maximum atomic E-state index is 5.86. The number of piperidine rings is 1. The summed E-state index contributed by atoms with van der Waals surface area (Å²) < 4.78 is 5.74. The van der Waals surface area contributed by atoms with Crippen LogP contribution in [0.3, 0.4) is 0 Å². The molecule has 1 heterocycles. The summed E-state index contributed by atoms with van der Waals surface area (Å²) >= 11 is 7.69. The molecule has 4 heteroatoms. The summed E-state index contributed by atoms with van der Waals surface area (Å²) in [6.07, 6.45) is 2.75. The molecule has 0 atom stereocenters. The van der Waals surface area contributed by atoms with Crippen LogP contribution in [0.4, 0.5) is 0 Å². The molecule has 1 aliphatic heterocycles. The first-order valence-corrected chi connectivity index (χ1v) is 8.90. The number of quaternary nitrogens is 1. The first-order chi connectivity index (χ1) is 9.74. The van der Waals surface area contributed by atoms with Crippen LogP contribution < -0.4 is 4.90 Å². The second-order valence-electron chi connectivity index (χ2n) is 5.60. The number of thioether (sulfide) groups is 1. The molecule has 112 valence electrons. The van der Waals surface area contributed by atoms with E-state index in [4.69, 9.17) is 16.3 Å². The van der Waals surface area contributed by atoms with Gasteiger partial charge in [-0.15, -0.1) is 11.8 Å². The van der Waals surface area contributed by atoms with Gasteiger partial charge < -0.3 is 9.64 Å². The van der Waals surface area contributed by atoms with Gasteiger partial charge in [-0.25, -0.2) is 0 Å². The number of halogens is 1. The van der Waals surface area contributed by atoms with Crippen molar-refractivity contribution in [2.75, 3.05) is 38.6 Å². The van der Waals surface area contributed by atoms with Crippen molar-refractivity contribution in [2.45, 2.75) is 24.7 Å². The van der Waals surface area contributed by atoms with Crippen LogP contribution in [-0.2, 0) is 4.74 Å². The smallest absolute Gasteiger partial charge is 0.101 e. The number of nitrogens with one attached hydrogen (secondary N) is 1. The number of hydrogen-bond acceptors (Lipinski definition) is 2. The van der Waals surface area contributed by atoms with Crippen molar-refractivity contribution in [3.63, 3.8) is 0 Å². The maximum Gasteiger partial charge on any atom is 0.101 e. The average molecular weight is 315 g/mol. The minimum atomic E-state index is 0.796. The Morgan fingerprint density at radius 2 is 1.90 bits per heavy atom. The summed E-state index contributed by atoms with van der Waals surface area (Å²) in [6, 6.07) is 8.00. The molecule has 0 aromatic heterocycles. The van der Waals surface area contributed by atoms with E-state index < -0.39 is 0 Å². The lowest BCUT2D eigenvalue weighted by Gasteiger charge is -2.27. The lowest BCUT2D eigenvalue weighted by atomic mass is 9.99. The minimum absolute atomic E-state index is 0.796. The summed E-state index contributed by atoms with van der Waals surface area (Å²) in [6.45, 7) is 7.90. The van der Waals surface area contributed by atoms with Crippen LogP contribution >= 0.6 is 23.4 Å². The first-order valence-electron chi connectivity index (χ1n) is 7.54. The van der Waals surface area contributed by atoms with Crippen molar-refractivity contribution in [1.82, 2.24) is 0 Å². The Kier molecular flexibility index (Phi) is 7.22. The highest BCUT2D eigenvalue weighted by Gasteiger charge is 2.17. The van der Waals surface area contributed by atoms with Crippen molar-refractivity contribution in [2.24, 2.45) is 5.92 Å². The molecule has 0 unspecified atom stereocenters. The third-order valence-electron chi connectivity index (χ3n) is 3.89. The fraction of sp³-hybridized carbons (Fsp3) is 0.625. The van der Waals surface area contributed by atoms with Gasteiger partial charge in [-0.3, -0.25) is 0 Å². The quantitative estimate of drug-likeness (QED) is 0.614. The third-order valence-corrected chi connectivity index (χ3v) is 5.12. The summed E-state index contributed by atoms with van der Waals surface area (Å²) in [7, 11) is 0. The molecule has 0 radical (unpaired) electrons. The zero-order valence-corrected chi connectivity index (χ0v) is 13.8. The molecule has 1 saturated heterocycles. The van der Waals surface area contributed by atoms with Crippen LogP contribution in [0.15, 0.2) is 29.2 Å². The van der Waals surface area contributed by atoms with E-state index in [-0.39, 0.29) is 0 Å². The van der Waals surface area contributed by atoms with Gasteiger partial charge in [-0.2, -0.15) is 0 Å². The van der Waals surface area contributed by atoms with Gasteiger partial charge in [0.1, 0.15) is 6.54 Å². The van der Waals surface area contributed by atoms with Gasteiger partial charge in [0.15, 0.2) is 0 Å². The highest BCUT2D eigenvalue weighted by atomic mass is 35.5. The van der Waals surface area contributed by atoms with Gasteiger partial charge in [-0.1, -0.05) is 18.5 Å². The van der Waals surface area contributed by atoms with E-state index in [0.29, 0.717) is 0 Å². The van der Waals surface area contributed by atoms with Crippen LogP contribution in [0.2, 0.25) is 5.02 Å². The van der Waals surface area contributed by atoms with E-state index >= 15 is 0 Å². The molecule has 1 fully saturated rings. The second-order valence-corrected chi connectivity index (χ2v) is 7.20. The molecule has 0 aliphatic carbocycles. The molecule has 2 nitrogen and oxygen atoms in total. The van der Waals surface area contributed by atoms with E-state index in [2.05, 4.69) is 19.1 Å². The van der Waals surface area contributed by atoms with Crippen LogP contribution in [-0.4, -0.2) is 38.6 Å². The molecule has 0 bridgehead atoms. The predicted octanol–water partition coefficient (Wildman–Crippen LogP) is 2.76. The van der Waals surface area contributed by atoms with Crippen molar-refractivity contribution < 1.29 is 9.64 Å². The van der Waals surface area contributed by atoms with Gasteiger partial charge >= 0.3 is 0 Å². The number of benzene rings is 1. The Hall–Kier alpha value is -0.220. The molecule has 1 aromatic rings. The molecular formula is C16H25ClNOS+. The predicted molar refractivity (Wildman–Crippen MR) is 87.0 cm³/mol. The highest BCUT2D eigenvalue weighted by Crippen LogP contribution is 2.19. The second kappa shape index (κ2) is 8.93. The van der Waals surface area contributed by atoms with Gasteiger partial charge in [0, 0.05) is 15.7 Å². The highest BCUT2D eigenvalue weighted by molar-refractivity contribution is 7.99. The summed E-state index contributed by atoms with van der Waals surface area (Å²) in [4.78, 5) is 2.97. The lowest BCUT2D eigenvalue weighted by Crippen LogP contribution is -3.13. The fourth-order valence-electron chi connectivity index (χ4n) is 2.49. The minimum Gasteiger partial charge on any atom is -0.375 e. The normalized spacial score (nSPS) is 22.9. The van der Waals surface area contributed by atoms with Crippen LogP contribution in [0.1, 0.15) is 19.8 Å². The van der Waals surface area contributed by atoms with Gasteiger partial charge in [-0.05, 0) is 43.0 Å². The Morgan fingerprint density at radius 3 is 2.60 bits per heavy atom. The largest absolute Gasteiger partial charge is 0.375 e. The number of likely N-dealkylation sites (tertiary alicyclic amines) is 1. The molecule has 1 N–H and O–H groups in total. The van der Waals surface area contributed by atoms with Crippen LogP contribution in [0.25, 0.3) is 0 Å². The molecule has 2 rings (SSSR count). The lowest BCUT2D eigenvalue weighted by molar-refractivity contribution is -0.906. The fourth-order valence-corrected chi connectivity index (χ4v) is 3.38. The summed E-state index contributed by atoms with van der Waals surface area (Å²) in [5.74, 6) is 1.93. The summed E-state index contributed by atoms with van der Waals surface area (Å²) in [5, 5.41) is 0.796. The van der Waals surface area contributed by atoms with Gasteiger partial charge in [0.05, 0.1) is 26.3 Å².